The molecule has 1 aromatic heterocycles. The first-order valence-electron chi connectivity index (χ1n) is 9.40. The number of hydrogen-bond acceptors (Lipinski definition) is 6. The number of aryl methyl sites for hydroxylation is 1. The fraction of sp³-hybridized carbons (Fsp3) is 0.273. The van der Waals surface area contributed by atoms with Gasteiger partial charge in [0.05, 0.1) is 11.6 Å². The first-order chi connectivity index (χ1) is 14.4. The van der Waals surface area contributed by atoms with E-state index in [-0.39, 0.29) is 24.4 Å². The summed E-state index contributed by atoms with van der Waals surface area (Å²) in [6.07, 6.45) is -0.282. The molecule has 1 amide bonds. The van der Waals surface area contributed by atoms with Crippen LogP contribution in [0.1, 0.15) is 5.56 Å². The second-order valence-corrected chi connectivity index (χ2v) is 7.49. The molecular weight excluding hydrogens is 410 g/mol. The zero-order chi connectivity index (χ0) is 21.3. The van der Waals surface area contributed by atoms with Gasteiger partial charge in [-0.1, -0.05) is 23.7 Å². The Kier molecular flexibility index (Phi) is 5.55. The maximum Gasteiger partial charge on any atom is 0.336 e. The van der Waals surface area contributed by atoms with Gasteiger partial charge < -0.3 is 23.5 Å². The molecule has 1 aliphatic rings. The maximum atomic E-state index is 12.5. The molecule has 1 aliphatic heterocycles. The van der Waals surface area contributed by atoms with Gasteiger partial charge in [-0.05, 0) is 30.7 Å². The average Bonchev–Trinajstić information content (AvgIpc) is 2.72. The van der Waals surface area contributed by atoms with Gasteiger partial charge in [-0.2, -0.15) is 0 Å². The number of amides is 1. The summed E-state index contributed by atoms with van der Waals surface area (Å²) in [5, 5.41) is 1.04. The Morgan fingerprint density at radius 2 is 2.00 bits per heavy atom. The molecule has 0 bridgehead atoms. The van der Waals surface area contributed by atoms with E-state index in [1.165, 1.54) is 17.0 Å². The standard InChI is InChI=1S/C22H20ClNO6/c1-13-7-22(26)30-19-9-20(16(23)8-15(13)19)28-12-21(25)24(2)10-14-11-27-17-5-3-4-6-18(17)29-14/h3-9,14H,10-12H2,1-2H3. The number of halogens is 1. The molecule has 156 valence electrons. The first kappa shape index (κ1) is 20.1. The van der Waals surface area contributed by atoms with Gasteiger partial charge in [0, 0.05) is 24.6 Å². The lowest BCUT2D eigenvalue weighted by Crippen LogP contribution is -2.43. The van der Waals surface area contributed by atoms with Gasteiger partial charge in [0.2, 0.25) is 0 Å². The molecule has 0 aliphatic carbocycles. The van der Waals surface area contributed by atoms with Crippen LogP contribution in [0, 0.1) is 6.92 Å². The number of nitrogens with zero attached hydrogens (tertiary/aromatic N) is 1. The summed E-state index contributed by atoms with van der Waals surface area (Å²) in [5.74, 6) is 1.37. The molecule has 0 radical (unpaired) electrons. The van der Waals surface area contributed by atoms with E-state index in [1.54, 1.807) is 20.0 Å². The Bertz CT molecular complexity index is 1160. The highest BCUT2D eigenvalue weighted by Crippen LogP contribution is 2.32. The van der Waals surface area contributed by atoms with Crippen molar-refractivity contribution in [3.8, 4) is 17.2 Å². The van der Waals surface area contributed by atoms with Crippen LogP contribution >= 0.6 is 11.6 Å². The smallest absolute Gasteiger partial charge is 0.336 e. The van der Waals surface area contributed by atoms with E-state index in [9.17, 15) is 9.59 Å². The molecule has 1 unspecified atom stereocenters. The summed E-state index contributed by atoms with van der Waals surface area (Å²) in [6, 6.07) is 12.0. The molecule has 0 N–H and O–H groups in total. The number of carbonyl (C=O) groups excluding carboxylic acids is 1. The Labute approximate surface area is 177 Å². The number of carbonyl (C=O) groups is 1. The Morgan fingerprint density at radius 3 is 2.80 bits per heavy atom. The van der Waals surface area contributed by atoms with E-state index in [2.05, 4.69) is 0 Å². The fourth-order valence-electron chi connectivity index (χ4n) is 3.24. The van der Waals surface area contributed by atoms with Crippen LogP contribution in [-0.4, -0.2) is 43.7 Å². The summed E-state index contributed by atoms with van der Waals surface area (Å²) in [5.41, 5.74) is 0.647. The number of benzene rings is 2. The molecule has 4 rings (SSSR count). The van der Waals surface area contributed by atoms with Crippen LogP contribution in [0.5, 0.6) is 17.2 Å². The quantitative estimate of drug-likeness (QED) is 0.578. The van der Waals surface area contributed by atoms with Crippen LogP contribution in [0.2, 0.25) is 5.02 Å². The SMILES string of the molecule is Cc1cc(=O)oc2cc(OCC(=O)N(C)CC3COc4ccccc4O3)c(Cl)cc12. The largest absolute Gasteiger partial charge is 0.486 e. The maximum absolute atomic E-state index is 12.5. The van der Waals surface area contributed by atoms with Crippen LogP contribution in [0.25, 0.3) is 11.0 Å². The minimum absolute atomic E-state index is 0.220. The van der Waals surface area contributed by atoms with E-state index in [1.807, 2.05) is 24.3 Å². The Balaban J connectivity index is 1.38. The highest BCUT2D eigenvalue weighted by molar-refractivity contribution is 6.32. The molecule has 7 nitrogen and oxygen atoms in total. The van der Waals surface area contributed by atoms with Gasteiger partial charge in [0.1, 0.15) is 17.9 Å². The molecule has 0 saturated carbocycles. The first-order valence-corrected chi connectivity index (χ1v) is 9.78. The van der Waals surface area contributed by atoms with Crippen LogP contribution in [0.4, 0.5) is 0 Å². The van der Waals surface area contributed by atoms with Gasteiger partial charge in [-0.3, -0.25) is 4.79 Å². The predicted molar refractivity (Wildman–Crippen MR) is 112 cm³/mol. The predicted octanol–water partition coefficient (Wildman–Crippen LogP) is 3.43. The van der Waals surface area contributed by atoms with Crippen molar-refractivity contribution in [1.82, 2.24) is 4.90 Å². The van der Waals surface area contributed by atoms with E-state index in [0.717, 1.165) is 5.56 Å². The van der Waals surface area contributed by atoms with Gasteiger partial charge >= 0.3 is 5.63 Å². The van der Waals surface area contributed by atoms with Crippen molar-refractivity contribution in [2.24, 2.45) is 0 Å². The minimum Gasteiger partial charge on any atom is -0.486 e. The molecular formula is C22H20ClNO6. The number of fused-ring (bicyclic) bond motifs is 2. The number of ether oxygens (including phenoxy) is 3. The van der Waals surface area contributed by atoms with Crippen molar-refractivity contribution in [2.45, 2.75) is 13.0 Å². The van der Waals surface area contributed by atoms with Crippen molar-refractivity contribution in [1.29, 1.82) is 0 Å². The third-order valence-corrected chi connectivity index (χ3v) is 5.12. The third kappa shape index (κ3) is 4.21. The van der Waals surface area contributed by atoms with Gasteiger partial charge in [-0.15, -0.1) is 0 Å². The van der Waals surface area contributed by atoms with Crippen LogP contribution in [0.15, 0.2) is 51.7 Å². The monoisotopic (exact) mass is 429 g/mol. The number of rotatable bonds is 5. The molecule has 2 heterocycles. The summed E-state index contributed by atoms with van der Waals surface area (Å²) in [6.45, 7) is 2.27. The molecule has 30 heavy (non-hydrogen) atoms. The van der Waals surface area contributed by atoms with E-state index >= 15 is 0 Å². The summed E-state index contributed by atoms with van der Waals surface area (Å²) >= 11 is 6.28. The number of likely N-dealkylation sites (N-methyl/N-ethyl adjacent to an activating group) is 1. The van der Waals surface area contributed by atoms with Crippen molar-refractivity contribution in [2.75, 3.05) is 26.8 Å². The van der Waals surface area contributed by atoms with Crippen molar-refractivity contribution >= 4 is 28.5 Å². The van der Waals surface area contributed by atoms with E-state index in [0.29, 0.717) is 40.6 Å². The summed E-state index contributed by atoms with van der Waals surface area (Å²) in [7, 11) is 1.67. The molecule has 1 atom stereocenters. The summed E-state index contributed by atoms with van der Waals surface area (Å²) < 4.78 is 22.4. The van der Waals surface area contributed by atoms with E-state index < -0.39 is 5.63 Å². The van der Waals surface area contributed by atoms with Gasteiger partial charge in [0.15, 0.2) is 24.2 Å². The molecule has 8 heteroatoms. The number of hydrogen-bond donors (Lipinski definition) is 0. The van der Waals surface area contributed by atoms with Crippen LogP contribution in [0.3, 0.4) is 0 Å². The zero-order valence-electron chi connectivity index (χ0n) is 16.5. The third-order valence-electron chi connectivity index (χ3n) is 4.83. The Hall–Kier alpha value is -3.19. The molecule has 3 aromatic rings. The molecule has 0 saturated heterocycles. The van der Waals surface area contributed by atoms with Crippen molar-refractivity contribution < 1.29 is 23.4 Å². The molecule has 0 spiro atoms. The van der Waals surface area contributed by atoms with Crippen LogP contribution in [-0.2, 0) is 4.79 Å². The fourth-order valence-corrected chi connectivity index (χ4v) is 3.46. The van der Waals surface area contributed by atoms with Gasteiger partial charge in [0.25, 0.3) is 5.91 Å². The van der Waals surface area contributed by atoms with E-state index in [4.69, 9.17) is 30.2 Å². The second-order valence-electron chi connectivity index (χ2n) is 7.09. The minimum atomic E-state index is -0.458. The molecule has 2 aromatic carbocycles. The number of para-hydroxylation sites is 2. The highest BCUT2D eigenvalue weighted by Gasteiger charge is 2.24. The normalized spacial score (nSPS) is 15.1. The lowest BCUT2D eigenvalue weighted by molar-refractivity contribution is -0.133. The lowest BCUT2D eigenvalue weighted by Gasteiger charge is -2.29. The molecule has 0 fully saturated rings. The van der Waals surface area contributed by atoms with Crippen molar-refractivity contribution in [3.63, 3.8) is 0 Å². The van der Waals surface area contributed by atoms with Gasteiger partial charge in [-0.25, -0.2) is 4.79 Å². The lowest BCUT2D eigenvalue weighted by atomic mass is 10.1. The summed E-state index contributed by atoms with van der Waals surface area (Å²) in [4.78, 5) is 25.6. The van der Waals surface area contributed by atoms with Crippen LogP contribution < -0.4 is 19.8 Å². The Morgan fingerprint density at radius 1 is 1.23 bits per heavy atom. The highest BCUT2D eigenvalue weighted by atomic mass is 35.5. The van der Waals surface area contributed by atoms with Crippen molar-refractivity contribution in [3.05, 3.63) is 63.5 Å². The zero-order valence-corrected chi connectivity index (χ0v) is 17.3. The topological polar surface area (TPSA) is 78.2 Å². The average molecular weight is 430 g/mol. The second kappa shape index (κ2) is 8.28.